The van der Waals surface area contributed by atoms with Crippen molar-refractivity contribution in [3.63, 3.8) is 0 Å². The number of carbonyl (C=O) groups is 1. The Bertz CT molecular complexity index is 371. The summed E-state index contributed by atoms with van der Waals surface area (Å²) in [7, 11) is 3.44. The highest BCUT2D eigenvalue weighted by molar-refractivity contribution is 5.95. The van der Waals surface area contributed by atoms with Crippen LogP contribution in [-0.4, -0.2) is 38.1 Å². The van der Waals surface area contributed by atoms with Gasteiger partial charge in [-0.2, -0.15) is 0 Å². The zero-order valence-electron chi connectivity index (χ0n) is 10.7. The van der Waals surface area contributed by atoms with Gasteiger partial charge >= 0.3 is 0 Å². The number of nitrogen functional groups attached to an aromatic ring is 1. The second-order valence-corrected chi connectivity index (χ2v) is 4.21. The third-order valence-electron chi connectivity index (χ3n) is 2.54. The van der Waals surface area contributed by atoms with E-state index in [1.54, 1.807) is 25.1 Å². The third-order valence-corrected chi connectivity index (χ3v) is 2.54. The van der Waals surface area contributed by atoms with Crippen molar-refractivity contribution in [3.8, 4) is 0 Å². The molecule has 0 spiro atoms. The number of hydrogen-bond donors (Lipinski definition) is 1. The van der Waals surface area contributed by atoms with Crippen LogP contribution in [0.3, 0.4) is 0 Å². The number of carbonyl (C=O) groups excluding carboxylic acids is 1. The van der Waals surface area contributed by atoms with Gasteiger partial charge < -0.3 is 15.4 Å². The highest BCUT2D eigenvalue weighted by Gasteiger charge is 2.11. The van der Waals surface area contributed by atoms with Crippen LogP contribution in [0.15, 0.2) is 18.2 Å². The zero-order valence-corrected chi connectivity index (χ0v) is 10.7. The minimum absolute atomic E-state index is 0.00324. The number of rotatable bonds is 5. The summed E-state index contributed by atoms with van der Waals surface area (Å²) in [5.74, 6) is -0.00324. The van der Waals surface area contributed by atoms with E-state index in [2.05, 4.69) is 0 Å². The van der Waals surface area contributed by atoms with Gasteiger partial charge in [-0.1, -0.05) is 0 Å². The van der Waals surface area contributed by atoms with Crippen LogP contribution >= 0.6 is 0 Å². The Balaban J connectivity index is 2.68. The highest BCUT2D eigenvalue weighted by Crippen LogP contribution is 2.13. The van der Waals surface area contributed by atoms with Gasteiger partial charge in [0.15, 0.2) is 0 Å². The van der Waals surface area contributed by atoms with Gasteiger partial charge in [0, 0.05) is 38.6 Å². The molecule has 0 aliphatic heterocycles. The lowest BCUT2D eigenvalue weighted by Gasteiger charge is -2.17. The van der Waals surface area contributed by atoms with Crippen LogP contribution in [0.4, 0.5) is 5.69 Å². The van der Waals surface area contributed by atoms with Gasteiger partial charge in [-0.15, -0.1) is 0 Å². The molecule has 0 saturated heterocycles. The van der Waals surface area contributed by atoms with E-state index in [-0.39, 0.29) is 5.91 Å². The molecule has 4 nitrogen and oxygen atoms in total. The molecule has 0 bridgehead atoms. The second kappa shape index (κ2) is 6.25. The number of ether oxygens (including phenoxy) is 1. The average Bonchev–Trinajstić information content (AvgIpc) is 2.27. The lowest BCUT2D eigenvalue weighted by molar-refractivity contribution is 0.0779. The first-order chi connectivity index (χ1) is 8.04. The van der Waals surface area contributed by atoms with Gasteiger partial charge in [0.05, 0.1) is 0 Å². The van der Waals surface area contributed by atoms with Crippen molar-refractivity contribution in [2.45, 2.75) is 13.3 Å². The summed E-state index contributed by atoms with van der Waals surface area (Å²) >= 11 is 0. The molecular weight excluding hydrogens is 216 g/mol. The van der Waals surface area contributed by atoms with Gasteiger partial charge in [-0.25, -0.2) is 0 Å². The van der Waals surface area contributed by atoms with E-state index in [4.69, 9.17) is 10.5 Å². The predicted octanol–water partition coefficient (Wildman–Crippen LogP) is 1.69. The molecule has 0 radical (unpaired) electrons. The summed E-state index contributed by atoms with van der Waals surface area (Å²) < 4.78 is 4.96. The molecule has 1 rings (SSSR count). The molecule has 4 heteroatoms. The van der Waals surface area contributed by atoms with Crippen LogP contribution in [0.5, 0.6) is 0 Å². The Labute approximate surface area is 102 Å². The average molecular weight is 236 g/mol. The van der Waals surface area contributed by atoms with E-state index in [0.717, 1.165) is 12.0 Å². The van der Waals surface area contributed by atoms with Gasteiger partial charge in [0.1, 0.15) is 0 Å². The SMILES string of the molecule is COCCCN(C)C(=O)c1cc(C)cc(N)c1. The molecule has 94 valence electrons. The normalized spacial score (nSPS) is 10.3. The van der Waals surface area contributed by atoms with Gasteiger partial charge in [-0.05, 0) is 37.1 Å². The molecule has 0 aliphatic carbocycles. The molecule has 1 aromatic rings. The lowest BCUT2D eigenvalue weighted by Crippen LogP contribution is -2.28. The number of nitrogens with zero attached hydrogens (tertiary/aromatic N) is 1. The van der Waals surface area contributed by atoms with Crippen molar-refractivity contribution in [3.05, 3.63) is 29.3 Å². The maximum absolute atomic E-state index is 12.1. The van der Waals surface area contributed by atoms with Crippen molar-refractivity contribution in [1.82, 2.24) is 4.90 Å². The molecule has 1 amide bonds. The first-order valence-corrected chi connectivity index (χ1v) is 5.66. The van der Waals surface area contributed by atoms with Crippen LogP contribution in [0.1, 0.15) is 22.3 Å². The maximum atomic E-state index is 12.1. The Kier molecular flexibility index (Phi) is 4.97. The standard InChI is InChI=1S/C13H20N2O2/c1-10-7-11(9-12(14)8-10)13(16)15(2)5-4-6-17-3/h7-9H,4-6,14H2,1-3H3. The summed E-state index contributed by atoms with van der Waals surface area (Å²) in [6.45, 7) is 3.27. The number of methoxy groups -OCH3 is 1. The molecule has 0 fully saturated rings. The van der Waals surface area contributed by atoms with Crippen molar-refractivity contribution in [2.75, 3.05) is 33.0 Å². The quantitative estimate of drug-likeness (QED) is 0.625. The van der Waals surface area contributed by atoms with E-state index in [0.29, 0.717) is 24.4 Å². The topological polar surface area (TPSA) is 55.6 Å². The summed E-state index contributed by atoms with van der Waals surface area (Å²) in [4.78, 5) is 13.8. The van der Waals surface area contributed by atoms with Crippen molar-refractivity contribution >= 4 is 11.6 Å². The molecule has 0 unspecified atom stereocenters. The molecule has 2 N–H and O–H groups in total. The number of aryl methyl sites for hydroxylation is 1. The Morgan fingerprint density at radius 3 is 2.71 bits per heavy atom. The fraction of sp³-hybridized carbons (Fsp3) is 0.462. The highest BCUT2D eigenvalue weighted by atomic mass is 16.5. The molecular formula is C13H20N2O2. The van der Waals surface area contributed by atoms with Crippen LogP contribution in [0, 0.1) is 6.92 Å². The maximum Gasteiger partial charge on any atom is 0.253 e. The summed E-state index contributed by atoms with van der Waals surface area (Å²) in [5.41, 5.74) is 7.99. The van der Waals surface area contributed by atoms with Crippen LogP contribution < -0.4 is 5.73 Å². The second-order valence-electron chi connectivity index (χ2n) is 4.21. The number of amides is 1. The number of anilines is 1. The minimum atomic E-state index is -0.00324. The van der Waals surface area contributed by atoms with E-state index < -0.39 is 0 Å². The molecule has 0 aromatic heterocycles. The van der Waals surface area contributed by atoms with Crippen LogP contribution in [-0.2, 0) is 4.74 Å². The minimum Gasteiger partial charge on any atom is -0.399 e. The smallest absolute Gasteiger partial charge is 0.253 e. The summed E-state index contributed by atoms with van der Waals surface area (Å²) in [5, 5.41) is 0. The Hall–Kier alpha value is -1.55. The molecule has 0 saturated carbocycles. The van der Waals surface area contributed by atoms with Crippen molar-refractivity contribution in [1.29, 1.82) is 0 Å². The molecule has 0 atom stereocenters. The van der Waals surface area contributed by atoms with E-state index in [9.17, 15) is 4.79 Å². The first-order valence-electron chi connectivity index (χ1n) is 5.66. The van der Waals surface area contributed by atoms with E-state index in [1.165, 1.54) is 0 Å². The van der Waals surface area contributed by atoms with Crippen LogP contribution in [0.25, 0.3) is 0 Å². The fourth-order valence-electron chi connectivity index (χ4n) is 1.70. The summed E-state index contributed by atoms with van der Waals surface area (Å²) in [6.07, 6.45) is 0.833. The first kappa shape index (κ1) is 13.5. The zero-order chi connectivity index (χ0) is 12.8. The summed E-state index contributed by atoms with van der Waals surface area (Å²) in [6, 6.07) is 5.41. The number of benzene rings is 1. The third kappa shape index (κ3) is 4.07. The van der Waals surface area contributed by atoms with E-state index in [1.807, 2.05) is 19.1 Å². The lowest BCUT2D eigenvalue weighted by atomic mass is 10.1. The fourth-order valence-corrected chi connectivity index (χ4v) is 1.70. The van der Waals surface area contributed by atoms with Gasteiger partial charge in [0.2, 0.25) is 0 Å². The Morgan fingerprint density at radius 1 is 1.41 bits per heavy atom. The van der Waals surface area contributed by atoms with Gasteiger partial charge in [-0.3, -0.25) is 4.79 Å². The predicted molar refractivity (Wildman–Crippen MR) is 69.0 cm³/mol. The molecule has 1 aromatic carbocycles. The van der Waals surface area contributed by atoms with E-state index >= 15 is 0 Å². The van der Waals surface area contributed by atoms with Crippen molar-refractivity contribution < 1.29 is 9.53 Å². The number of nitrogens with two attached hydrogens (primary N) is 1. The van der Waals surface area contributed by atoms with Crippen molar-refractivity contribution in [2.24, 2.45) is 0 Å². The van der Waals surface area contributed by atoms with Gasteiger partial charge in [0.25, 0.3) is 5.91 Å². The Morgan fingerprint density at radius 2 is 2.12 bits per heavy atom. The molecule has 0 heterocycles. The molecule has 17 heavy (non-hydrogen) atoms. The largest absolute Gasteiger partial charge is 0.399 e. The van der Waals surface area contributed by atoms with Crippen LogP contribution in [0.2, 0.25) is 0 Å². The molecule has 0 aliphatic rings. The monoisotopic (exact) mass is 236 g/mol. The number of hydrogen-bond acceptors (Lipinski definition) is 3.